The van der Waals surface area contributed by atoms with Gasteiger partial charge in [-0.1, -0.05) is 53.7 Å². The summed E-state index contributed by atoms with van der Waals surface area (Å²) in [6, 6.07) is 22.4. The molecule has 0 atom stereocenters. The Morgan fingerprint density at radius 2 is 1.77 bits per heavy atom. The highest BCUT2D eigenvalue weighted by Gasteiger charge is 2.18. The summed E-state index contributed by atoms with van der Waals surface area (Å²) in [5, 5.41) is 9.96. The molecule has 0 spiro atoms. The second-order valence-corrected chi connectivity index (χ2v) is 7.94. The Balaban J connectivity index is 1.46. The highest BCUT2D eigenvalue weighted by atomic mass is 16.5. The van der Waals surface area contributed by atoms with Crippen LogP contribution < -0.4 is 0 Å². The molecule has 5 aromatic rings. The van der Waals surface area contributed by atoms with Crippen LogP contribution in [-0.4, -0.2) is 26.9 Å². The van der Waals surface area contributed by atoms with Crippen LogP contribution in [0.4, 0.5) is 0 Å². The maximum atomic E-state index is 6.14. The second-order valence-electron chi connectivity index (χ2n) is 7.94. The van der Waals surface area contributed by atoms with Crippen molar-refractivity contribution in [3.05, 3.63) is 95.5 Å². The van der Waals surface area contributed by atoms with E-state index in [4.69, 9.17) is 14.0 Å². The molecule has 0 N–H and O–H groups in total. The highest BCUT2D eigenvalue weighted by Crippen LogP contribution is 2.30. The zero-order valence-corrected chi connectivity index (χ0v) is 17.7. The molecule has 31 heavy (non-hydrogen) atoms. The summed E-state index contributed by atoms with van der Waals surface area (Å²) < 4.78 is 13.5. The van der Waals surface area contributed by atoms with E-state index in [1.54, 1.807) is 0 Å². The summed E-state index contributed by atoms with van der Waals surface area (Å²) in [4.78, 5) is 2.19. The zero-order valence-electron chi connectivity index (χ0n) is 17.7. The van der Waals surface area contributed by atoms with Crippen LogP contribution in [0.3, 0.4) is 0 Å². The number of aryl methyl sites for hydroxylation is 1. The number of nitrogens with zero attached hydrogens (tertiary/aromatic N) is 4. The summed E-state index contributed by atoms with van der Waals surface area (Å²) in [5.74, 6) is 1.63. The SMILES string of the molecule is Cc1cc(CN(C)Cc2cn(Cc3ccccc3)nc2-c2cc3ccccc3o2)on1. The second kappa shape index (κ2) is 8.24. The maximum absolute atomic E-state index is 6.14. The van der Waals surface area contributed by atoms with E-state index in [0.29, 0.717) is 19.6 Å². The summed E-state index contributed by atoms with van der Waals surface area (Å²) in [6.07, 6.45) is 2.11. The molecule has 0 aliphatic heterocycles. The lowest BCUT2D eigenvalue weighted by molar-refractivity contribution is 0.266. The maximum Gasteiger partial charge on any atom is 0.156 e. The molecular formula is C25H24N4O2. The van der Waals surface area contributed by atoms with Gasteiger partial charge in [0.05, 0.1) is 18.8 Å². The number of aromatic nitrogens is 3. The van der Waals surface area contributed by atoms with E-state index >= 15 is 0 Å². The summed E-state index contributed by atoms with van der Waals surface area (Å²) in [5.41, 5.74) is 4.94. The molecular weight excluding hydrogens is 388 g/mol. The Bertz CT molecular complexity index is 1270. The van der Waals surface area contributed by atoms with Crippen LogP contribution in [0.2, 0.25) is 0 Å². The minimum absolute atomic E-state index is 0.671. The van der Waals surface area contributed by atoms with Gasteiger partial charge in [0.15, 0.2) is 11.5 Å². The Hall–Kier alpha value is -3.64. The molecule has 6 nitrogen and oxygen atoms in total. The first-order valence-electron chi connectivity index (χ1n) is 10.3. The van der Waals surface area contributed by atoms with E-state index in [1.807, 2.05) is 54.1 Å². The number of benzene rings is 2. The fraction of sp³-hybridized carbons (Fsp3) is 0.200. The third kappa shape index (κ3) is 4.29. The predicted molar refractivity (Wildman–Crippen MR) is 119 cm³/mol. The van der Waals surface area contributed by atoms with Gasteiger partial charge in [0, 0.05) is 29.8 Å². The van der Waals surface area contributed by atoms with Crippen LogP contribution in [0.25, 0.3) is 22.4 Å². The molecule has 0 aliphatic carbocycles. The number of fused-ring (bicyclic) bond motifs is 1. The van der Waals surface area contributed by atoms with Crippen molar-refractivity contribution >= 4 is 11.0 Å². The van der Waals surface area contributed by atoms with E-state index in [2.05, 4.69) is 47.6 Å². The molecule has 0 saturated heterocycles. The van der Waals surface area contributed by atoms with Crippen LogP contribution in [-0.2, 0) is 19.6 Å². The average Bonchev–Trinajstić information content (AvgIpc) is 3.47. The topological polar surface area (TPSA) is 60.2 Å². The summed E-state index contributed by atoms with van der Waals surface area (Å²) in [7, 11) is 2.06. The lowest BCUT2D eigenvalue weighted by atomic mass is 10.2. The van der Waals surface area contributed by atoms with E-state index in [9.17, 15) is 0 Å². The van der Waals surface area contributed by atoms with Gasteiger partial charge in [-0.25, -0.2) is 0 Å². The number of rotatable bonds is 7. The Labute approximate surface area is 180 Å². The molecule has 156 valence electrons. The number of hydrogen-bond acceptors (Lipinski definition) is 5. The van der Waals surface area contributed by atoms with Gasteiger partial charge < -0.3 is 8.94 Å². The van der Waals surface area contributed by atoms with Crippen molar-refractivity contribution in [1.82, 2.24) is 19.8 Å². The molecule has 0 unspecified atom stereocenters. The molecule has 0 aliphatic rings. The van der Waals surface area contributed by atoms with Crippen molar-refractivity contribution < 1.29 is 8.94 Å². The van der Waals surface area contributed by atoms with Gasteiger partial charge in [0.25, 0.3) is 0 Å². The first kappa shape index (κ1) is 19.3. The van der Waals surface area contributed by atoms with Gasteiger partial charge in [-0.2, -0.15) is 5.10 Å². The number of hydrogen-bond donors (Lipinski definition) is 0. The van der Waals surface area contributed by atoms with Crippen molar-refractivity contribution in [2.75, 3.05) is 7.05 Å². The first-order chi connectivity index (χ1) is 15.1. The third-order valence-electron chi connectivity index (χ3n) is 5.23. The largest absolute Gasteiger partial charge is 0.454 e. The third-order valence-corrected chi connectivity index (χ3v) is 5.23. The smallest absolute Gasteiger partial charge is 0.156 e. The molecule has 3 heterocycles. The molecule has 0 radical (unpaired) electrons. The first-order valence-corrected chi connectivity index (χ1v) is 10.3. The van der Waals surface area contributed by atoms with Crippen LogP contribution in [0, 0.1) is 6.92 Å². The minimum atomic E-state index is 0.671. The fourth-order valence-corrected chi connectivity index (χ4v) is 3.84. The van der Waals surface area contributed by atoms with Crippen LogP contribution in [0.1, 0.15) is 22.6 Å². The minimum Gasteiger partial charge on any atom is -0.454 e. The number of furan rings is 1. The lowest BCUT2D eigenvalue weighted by Crippen LogP contribution is -2.17. The van der Waals surface area contributed by atoms with E-state index in [0.717, 1.165) is 39.4 Å². The Kier molecular flexibility index (Phi) is 5.14. The van der Waals surface area contributed by atoms with E-state index < -0.39 is 0 Å². The van der Waals surface area contributed by atoms with Gasteiger partial charge in [-0.3, -0.25) is 9.58 Å². The van der Waals surface area contributed by atoms with Gasteiger partial charge >= 0.3 is 0 Å². The molecule has 5 rings (SSSR count). The lowest BCUT2D eigenvalue weighted by Gasteiger charge is -2.14. The summed E-state index contributed by atoms with van der Waals surface area (Å²) in [6.45, 7) is 4.02. The quantitative estimate of drug-likeness (QED) is 0.364. The van der Waals surface area contributed by atoms with E-state index in [1.165, 1.54) is 5.56 Å². The van der Waals surface area contributed by atoms with Crippen molar-refractivity contribution in [2.45, 2.75) is 26.6 Å². The van der Waals surface area contributed by atoms with Crippen molar-refractivity contribution in [3.63, 3.8) is 0 Å². The molecule has 0 bridgehead atoms. The monoisotopic (exact) mass is 412 g/mol. The van der Waals surface area contributed by atoms with Crippen LogP contribution in [0.15, 0.2) is 81.9 Å². The van der Waals surface area contributed by atoms with Crippen LogP contribution >= 0.6 is 0 Å². The average molecular weight is 412 g/mol. The van der Waals surface area contributed by atoms with Gasteiger partial charge in [-0.05, 0) is 31.7 Å². The Morgan fingerprint density at radius 1 is 0.968 bits per heavy atom. The molecule has 0 saturated carbocycles. The fourth-order valence-electron chi connectivity index (χ4n) is 3.84. The van der Waals surface area contributed by atoms with Crippen LogP contribution in [0.5, 0.6) is 0 Å². The molecule has 6 heteroatoms. The normalized spacial score (nSPS) is 11.6. The van der Waals surface area contributed by atoms with Gasteiger partial charge in [0.2, 0.25) is 0 Å². The molecule has 3 aromatic heterocycles. The van der Waals surface area contributed by atoms with Crippen molar-refractivity contribution in [1.29, 1.82) is 0 Å². The van der Waals surface area contributed by atoms with Gasteiger partial charge in [0.1, 0.15) is 11.3 Å². The zero-order chi connectivity index (χ0) is 21.2. The predicted octanol–water partition coefficient (Wildman–Crippen LogP) is 5.27. The van der Waals surface area contributed by atoms with E-state index in [-0.39, 0.29) is 0 Å². The molecule has 0 amide bonds. The number of para-hydroxylation sites is 1. The van der Waals surface area contributed by atoms with Crippen molar-refractivity contribution in [3.8, 4) is 11.5 Å². The summed E-state index contributed by atoms with van der Waals surface area (Å²) >= 11 is 0. The van der Waals surface area contributed by atoms with Gasteiger partial charge in [-0.15, -0.1) is 0 Å². The Morgan fingerprint density at radius 3 is 2.55 bits per heavy atom. The molecule has 0 fully saturated rings. The standard InChI is InChI=1S/C25H24N4O2/c1-18-12-22(31-27-18)17-28(2)15-21-16-29(14-19-8-4-3-5-9-19)26-25(21)24-13-20-10-6-7-11-23(20)30-24/h3-13,16H,14-15,17H2,1-2H3. The van der Waals surface area contributed by atoms with Crippen molar-refractivity contribution in [2.24, 2.45) is 0 Å². The highest BCUT2D eigenvalue weighted by molar-refractivity contribution is 5.82. The molecule has 2 aromatic carbocycles.